The topological polar surface area (TPSA) is 22.0 Å². The molecule has 0 spiro atoms. The molecule has 13 heavy (non-hydrogen) atoms. The minimum Gasteiger partial charge on any atom is -0.310 e. The molecule has 0 N–H and O–H groups in total. The van der Waals surface area contributed by atoms with E-state index in [1.807, 2.05) is 23.8 Å². The number of hydrogen-bond acceptors (Lipinski definition) is 1. The van der Waals surface area contributed by atoms with E-state index in [-0.39, 0.29) is 11.1 Å². The summed E-state index contributed by atoms with van der Waals surface area (Å²) in [5, 5.41) is 0. The van der Waals surface area contributed by atoms with Crippen molar-refractivity contribution in [3.8, 4) is 0 Å². The maximum absolute atomic E-state index is 11.5. The molecular formula is C11H17NO. The zero-order valence-corrected chi connectivity index (χ0v) is 8.79. The number of hydrogen-bond donors (Lipinski definition) is 0. The zero-order valence-electron chi connectivity index (χ0n) is 8.79. The van der Waals surface area contributed by atoms with Gasteiger partial charge in [-0.15, -0.1) is 0 Å². The van der Waals surface area contributed by atoms with Gasteiger partial charge in [-0.05, 0) is 32.8 Å². The number of aryl methyl sites for hydroxylation is 1. The van der Waals surface area contributed by atoms with Crippen molar-refractivity contribution < 1.29 is 0 Å². The van der Waals surface area contributed by atoms with E-state index in [0.717, 1.165) is 12.0 Å². The quantitative estimate of drug-likeness (QED) is 0.682. The smallest absolute Gasteiger partial charge is 0.251 e. The number of rotatable bonds is 2. The molecule has 0 aliphatic carbocycles. The highest BCUT2D eigenvalue weighted by molar-refractivity contribution is 5.09. The predicted octanol–water partition coefficient (Wildman–Crippen LogP) is 2.30. The highest BCUT2D eigenvalue weighted by atomic mass is 16.1. The van der Waals surface area contributed by atoms with Crippen LogP contribution in [0, 0.1) is 6.92 Å². The lowest BCUT2D eigenvalue weighted by molar-refractivity contribution is 0.331. The molecule has 2 heteroatoms. The second kappa shape index (κ2) is 3.36. The normalized spacial score (nSPS) is 11.7. The summed E-state index contributed by atoms with van der Waals surface area (Å²) in [5.41, 5.74) is 1.13. The maximum atomic E-state index is 11.5. The van der Waals surface area contributed by atoms with Crippen LogP contribution in [-0.4, -0.2) is 4.57 Å². The Morgan fingerprint density at radius 1 is 1.38 bits per heavy atom. The number of pyridine rings is 1. The summed E-state index contributed by atoms with van der Waals surface area (Å²) in [7, 11) is 0. The molecular weight excluding hydrogens is 162 g/mol. The van der Waals surface area contributed by atoms with Gasteiger partial charge in [0.15, 0.2) is 0 Å². The van der Waals surface area contributed by atoms with Crippen LogP contribution in [0.4, 0.5) is 0 Å². The van der Waals surface area contributed by atoms with Crippen molar-refractivity contribution in [3.05, 3.63) is 34.2 Å². The van der Waals surface area contributed by atoms with Gasteiger partial charge in [0.2, 0.25) is 0 Å². The Morgan fingerprint density at radius 3 is 2.54 bits per heavy atom. The standard InChI is InChI=1S/C11H17NO/c1-5-11(3,4)12-8-9(2)6-7-10(12)13/h6-8H,5H2,1-4H3. The summed E-state index contributed by atoms with van der Waals surface area (Å²) < 4.78 is 1.81. The van der Waals surface area contributed by atoms with Crippen molar-refractivity contribution in [2.24, 2.45) is 0 Å². The van der Waals surface area contributed by atoms with Crippen molar-refractivity contribution in [1.29, 1.82) is 0 Å². The van der Waals surface area contributed by atoms with Crippen molar-refractivity contribution in [1.82, 2.24) is 4.57 Å². The summed E-state index contributed by atoms with van der Waals surface area (Å²) in [6.07, 6.45) is 2.88. The van der Waals surface area contributed by atoms with Gasteiger partial charge in [-0.2, -0.15) is 0 Å². The van der Waals surface area contributed by atoms with E-state index < -0.39 is 0 Å². The molecule has 1 aromatic rings. The molecule has 1 rings (SSSR count). The minimum absolute atomic E-state index is 0.0803. The van der Waals surface area contributed by atoms with Crippen molar-refractivity contribution in [2.45, 2.75) is 39.7 Å². The first-order chi connectivity index (χ1) is 5.97. The number of aromatic nitrogens is 1. The average molecular weight is 179 g/mol. The van der Waals surface area contributed by atoms with Crippen LogP contribution in [0.15, 0.2) is 23.1 Å². The Morgan fingerprint density at radius 2 is 2.00 bits per heavy atom. The van der Waals surface area contributed by atoms with E-state index >= 15 is 0 Å². The molecule has 1 aromatic heterocycles. The van der Waals surface area contributed by atoms with Gasteiger partial charge in [0.25, 0.3) is 5.56 Å². The third-order valence-electron chi connectivity index (χ3n) is 2.58. The Bertz CT molecular complexity index is 349. The lowest BCUT2D eigenvalue weighted by atomic mass is 10.0. The molecule has 1 heterocycles. The van der Waals surface area contributed by atoms with E-state index in [1.54, 1.807) is 6.07 Å². The van der Waals surface area contributed by atoms with Crippen molar-refractivity contribution in [2.75, 3.05) is 0 Å². The molecule has 0 aliphatic rings. The highest BCUT2D eigenvalue weighted by Gasteiger charge is 2.17. The second-order valence-electron chi connectivity index (χ2n) is 4.08. The SMILES string of the molecule is CCC(C)(C)n1cc(C)ccc1=O. The molecule has 0 aliphatic heterocycles. The molecule has 0 bridgehead atoms. The monoisotopic (exact) mass is 179 g/mol. The fourth-order valence-corrected chi connectivity index (χ4v) is 1.24. The van der Waals surface area contributed by atoms with Gasteiger partial charge in [-0.25, -0.2) is 0 Å². The largest absolute Gasteiger partial charge is 0.310 e. The fourth-order valence-electron chi connectivity index (χ4n) is 1.24. The Balaban J connectivity index is 3.29. The van der Waals surface area contributed by atoms with Crippen LogP contribution < -0.4 is 5.56 Å². The molecule has 0 atom stereocenters. The first-order valence-corrected chi connectivity index (χ1v) is 4.67. The van der Waals surface area contributed by atoms with Gasteiger partial charge in [0.1, 0.15) is 0 Å². The van der Waals surface area contributed by atoms with Crippen LogP contribution in [0.5, 0.6) is 0 Å². The Labute approximate surface area is 79.2 Å². The summed E-state index contributed by atoms with van der Waals surface area (Å²) in [4.78, 5) is 11.5. The molecule has 72 valence electrons. The van der Waals surface area contributed by atoms with E-state index in [2.05, 4.69) is 20.8 Å². The van der Waals surface area contributed by atoms with E-state index in [4.69, 9.17) is 0 Å². The molecule has 0 unspecified atom stereocenters. The van der Waals surface area contributed by atoms with Gasteiger partial charge < -0.3 is 4.57 Å². The molecule has 0 saturated carbocycles. The average Bonchev–Trinajstić information content (AvgIpc) is 2.09. The summed E-state index contributed by atoms with van der Waals surface area (Å²) in [5.74, 6) is 0. The van der Waals surface area contributed by atoms with Crippen molar-refractivity contribution >= 4 is 0 Å². The molecule has 0 fully saturated rings. The summed E-state index contributed by atoms with van der Waals surface area (Å²) in [6, 6.07) is 3.48. The lowest BCUT2D eigenvalue weighted by Crippen LogP contribution is -2.35. The van der Waals surface area contributed by atoms with E-state index in [0.29, 0.717) is 0 Å². The lowest BCUT2D eigenvalue weighted by Gasteiger charge is -2.26. The third kappa shape index (κ3) is 2.00. The van der Waals surface area contributed by atoms with Gasteiger partial charge in [-0.1, -0.05) is 13.0 Å². The van der Waals surface area contributed by atoms with E-state index in [9.17, 15) is 4.79 Å². The number of nitrogens with zero attached hydrogens (tertiary/aromatic N) is 1. The molecule has 2 nitrogen and oxygen atoms in total. The van der Waals surface area contributed by atoms with Crippen LogP contribution in [0.25, 0.3) is 0 Å². The van der Waals surface area contributed by atoms with Gasteiger partial charge >= 0.3 is 0 Å². The van der Waals surface area contributed by atoms with Crippen LogP contribution in [0.3, 0.4) is 0 Å². The van der Waals surface area contributed by atoms with Crippen LogP contribution in [-0.2, 0) is 5.54 Å². The molecule has 0 aromatic carbocycles. The first kappa shape index (κ1) is 10.0. The minimum atomic E-state index is -0.0803. The highest BCUT2D eigenvalue weighted by Crippen LogP contribution is 2.16. The van der Waals surface area contributed by atoms with E-state index in [1.165, 1.54) is 0 Å². The summed E-state index contributed by atoms with van der Waals surface area (Å²) >= 11 is 0. The fraction of sp³-hybridized carbons (Fsp3) is 0.545. The molecule has 0 amide bonds. The third-order valence-corrected chi connectivity index (χ3v) is 2.58. The van der Waals surface area contributed by atoms with Gasteiger partial charge in [0.05, 0.1) is 0 Å². The maximum Gasteiger partial charge on any atom is 0.251 e. The van der Waals surface area contributed by atoms with Gasteiger partial charge in [-0.3, -0.25) is 4.79 Å². The Kier molecular flexibility index (Phi) is 2.60. The van der Waals surface area contributed by atoms with Crippen LogP contribution in [0.2, 0.25) is 0 Å². The molecule has 0 radical (unpaired) electrons. The van der Waals surface area contributed by atoms with Gasteiger partial charge in [0, 0.05) is 17.8 Å². The predicted molar refractivity (Wildman–Crippen MR) is 55.1 cm³/mol. The second-order valence-corrected chi connectivity index (χ2v) is 4.08. The Hall–Kier alpha value is -1.05. The zero-order chi connectivity index (χ0) is 10.1. The van der Waals surface area contributed by atoms with Crippen molar-refractivity contribution in [3.63, 3.8) is 0 Å². The molecule has 0 saturated heterocycles. The summed E-state index contributed by atoms with van der Waals surface area (Å²) in [6.45, 7) is 8.25. The van der Waals surface area contributed by atoms with Crippen LogP contribution >= 0.6 is 0 Å². The first-order valence-electron chi connectivity index (χ1n) is 4.67. The van der Waals surface area contributed by atoms with Crippen LogP contribution in [0.1, 0.15) is 32.8 Å².